The normalized spacial score (nSPS) is 22.1. The van der Waals surface area contributed by atoms with Crippen LogP contribution >= 0.6 is 0 Å². The van der Waals surface area contributed by atoms with Gasteiger partial charge < -0.3 is 15.2 Å². The van der Waals surface area contributed by atoms with Crippen LogP contribution < -0.4 is 10.5 Å². The molecule has 0 spiro atoms. The average molecular weight is 222 g/mol. The van der Waals surface area contributed by atoms with Gasteiger partial charge in [-0.15, -0.1) is 0 Å². The summed E-state index contributed by atoms with van der Waals surface area (Å²) in [7, 11) is 0. The van der Waals surface area contributed by atoms with Gasteiger partial charge in [0.05, 0.1) is 6.10 Å². The zero-order valence-electron chi connectivity index (χ0n) is 9.48. The maximum absolute atomic E-state index is 11.2. The van der Waals surface area contributed by atoms with Gasteiger partial charge in [0.2, 0.25) is 5.79 Å². The third-order valence-electron chi connectivity index (χ3n) is 2.41. The van der Waals surface area contributed by atoms with Crippen molar-refractivity contribution in [2.24, 2.45) is 5.73 Å². The summed E-state index contributed by atoms with van der Waals surface area (Å²) in [6.07, 6.45) is 1.38. The Morgan fingerprint density at radius 2 is 2.25 bits per heavy atom. The number of primary amides is 1. The summed E-state index contributed by atoms with van der Waals surface area (Å²) < 4.78 is 11.2. The van der Waals surface area contributed by atoms with Crippen molar-refractivity contribution in [2.75, 3.05) is 0 Å². The van der Waals surface area contributed by atoms with Gasteiger partial charge in [0, 0.05) is 25.6 Å². The van der Waals surface area contributed by atoms with Crippen LogP contribution in [0.1, 0.15) is 42.9 Å². The van der Waals surface area contributed by atoms with Crippen molar-refractivity contribution in [1.82, 2.24) is 4.98 Å². The lowest BCUT2D eigenvalue weighted by Crippen LogP contribution is -2.38. The number of carbonyl (C=O) groups is 1. The molecule has 0 fully saturated rings. The summed E-state index contributed by atoms with van der Waals surface area (Å²) in [4.78, 5) is 15.2. The van der Waals surface area contributed by atoms with E-state index in [4.69, 9.17) is 15.2 Å². The second-order valence-electron chi connectivity index (χ2n) is 4.20. The number of pyridine rings is 1. The van der Waals surface area contributed by atoms with Gasteiger partial charge in [0.1, 0.15) is 0 Å². The predicted octanol–water partition coefficient (Wildman–Crippen LogP) is 1.39. The Morgan fingerprint density at radius 1 is 1.56 bits per heavy atom. The van der Waals surface area contributed by atoms with Gasteiger partial charge in [-0.25, -0.2) is 4.98 Å². The maximum atomic E-state index is 11.2. The van der Waals surface area contributed by atoms with E-state index >= 15 is 0 Å². The molecule has 2 rings (SSSR count). The summed E-state index contributed by atoms with van der Waals surface area (Å²) in [6, 6.07) is 1.77. The molecule has 1 unspecified atom stereocenters. The third kappa shape index (κ3) is 1.74. The SMILES string of the molecule is CC1OC(C)(C)Oc2c1ccnc2C(N)=O. The van der Waals surface area contributed by atoms with Crippen LogP contribution in [0.5, 0.6) is 5.75 Å². The van der Waals surface area contributed by atoms with Gasteiger partial charge in [-0.05, 0) is 13.0 Å². The van der Waals surface area contributed by atoms with Crippen molar-refractivity contribution in [1.29, 1.82) is 0 Å². The molecule has 1 aromatic heterocycles. The molecule has 5 heteroatoms. The highest BCUT2D eigenvalue weighted by Gasteiger charge is 2.34. The quantitative estimate of drug-likeness (QED) is 0.779. The number of hydrogen-bond acceptors (Lipinski definition) is 4. The van der Waals surface area contributed by atoms with E-state index in [0.717, 1.165) is 5.56 Å². The Morgan fingerprint density at radius 3 is 2.88 bits per heavy atom. The Kier molecular flexibility index (Phi) is 2.35. The molecule has 0 aromatic carbocycles. The fraction of sp³-hybridized carbons (Fsp3) is 0.455. The van der Waals surface area contributed by atoms with Crippen LogP contribution in [0.25, 0.3) is 0 Å². The minimum atomic E-state index is -0.778. The lowest BCUT2D eigenvalue weighted by Gasteiger charge is -2.36. The highest BCUT2D eigenvalue weighted by Crippen LogP contribution is 2.39. The number of carbonyl (C=O) groups excluding carboxylic acids is 1. The summed E-state index contributed by atoms with van der Waals surface area (Å²) in [5.74, 6) is -0.944. The van der Waals surface area contributed by atoms with Crippen molar-refractivity contribution in [3.8, 4) is 5.75 Å². The second kappa shape index (κ2) is 3.45. The third-order valence-corrected chi connectivity index (χ3v) is 2.41. The number of nitrogens with zero attached hydrogens (tertiary/aromatic N) is 1. The molecular formula is C11H14N2O3. The van der Waals surface area contributed by atoms with E-state index in [1.54, 1.807) is 19.9 Å². The topological polar surface area (TPSA) is 74.4 Å². The molecule has 16 heavy (non-hydrogen) atoms. The Balaban J connectivity index is 2.57. The van der Waals surface area contributed by atoms with Crippen molar-refractivity contribution < 1.29 is 14.3 Å². The van der Waals surface area contributed by atoms with Crippen LogP contribution in [0, 0.1) is 0 Å². The summed E-state index contributed by atoms with van der Waals surface area (Å²) >= 11 is 0. The Hall–Kier alpha value is -1.62. The molecule has 0 bridgehead atoms. The first-order chi connectivity index (χ1) is 7.41. The van der Waals surface area contributed by atoms with Crippen molar-refractivity contribution in [3.63, 3.8) is 0 Å². The number of fused-ring (bicyclic) bond motifs is 1. The van der Waals surface area contributed by atoms with Gasteiger partial charge in [0.25, 0.3) is 5.91 Å². The average Bonchev–Trinajstić information content (AvgIpc) is 2.14. The molecule has 0 aliphatic carbocycles. The molecule has 5 nitrogen and oxygen atoms in total. The van der Waals surface area contributed by atoms with Gasteiger partial charge in [-0.3, -0.25) is 4.79 Å². The van der Waals surface area contributed by atoms with Crippen LogP contribution in [-0.4, -0.2) is 16.7 Å². The minimum Gasteiger partial charge on any atom is -0.460 e. The van der Waals surface area contributed by atoms with Gasteiger partial charge >= 0.3 is 0 Å². The summed E-state index contributed by atoms with van der Waals surface area (Å²) in [6.45, 7) is 5.46. The van der Waals surface area contributed by atoms with Crippen LogP contribution in [0.3, 0.4) is 0 Å². The second-order valence-corrected chi connectivity index (χ2v) is 4.20. The summed E-state index contributed by atoms with van der Waals surface area (Å²) in [5.41, 5.74) is 6.20. The number of nitrogens with two attached hydrogens (primary N) is 1. The minimum absolute atomic E-state index is 0.153. The van der Waals surface area contributed by atoms with E-state index in [1.807, 2.05) is 6.92 Å². The van der Waals surface area contributed by atoms with Crippen molar-refractivity contribution in [3.05, 3.63) is 23.5 Å². The standard InChI is InChI=1S/C11H14N2O3/c1-6-7-4-5-13-8(10(12)14)9(7)16-11(2,3)15-6/h4-6H,1-3H3,(H2,12,14). The number of ether oxygens (including phenoxy) is 2. The molecule has 1 aliphatic heterocycles. The monoisotopic (exact) mass is 222 g/mol. The van der Waals surface area contributed by atoms with Crippen molar-refractivity contribution >= 4 is 5.91 Å². The predicted molar refractivity (Wildman–Crippen MR) is 57.0 cm³/mol. The molecule has 0 saturated carbocycles. The number of amides is 1. The van der Waals surface area contributed by atoms with E-state index in [0.29, 0.717) is 5.75 Å². The number of hydrogen-bond donors (Lipinski definition) is 1. The maximum Gasteiger partial charge on any atom is 0.271 e. The number of aromatic nitrogens is 1. The molecule has 0 saturated heterocycles. The van der Waals surface area contributed by atoms with E-state index in [2.05, 4.69) is 4.98 Å². The molecule has 2 heterocycles. The lowest BCUT2D eigenvalue weighted by atomic mass is 10.1. The first-order valence-corrected chi connectivity index (χ1v) is 5.06. The molecule has 1 aromatic rings. The molecule has 2 N–H and O–H groups in total. The first kappa shape index (κ1) is 10.9. The van der Waals surface area contributed by atoms with E-state index in [-0.39, 0.29) is 11.8 Å². The van der Waals surface area contributed by atoms with Gasteiger partial charge in [-0.2, -0.15) is 0 Å². The molecular weight excluding hydrogens is 208 g/mol. The van der Waals surface area contributed by atoms with E-state index < -0.39 is 11.7 Å². The van der Waals surface area contributed by atoms with Crippen molar-refractivity contribution in [2.45, 2.75) is 32.7 Å². The first-order valence-electron chi connectivity index (χ1n) is 5.06. The Bertz CT molecular complexity index is 443. The lowest BCUT2D eigenvalue weighted by molar-refractivity contribution is -0.202. The zero-order valence-corrected chi connectivity index (χ0v) is 9.48. The highest BCUT2D eigenvalue weighted by atomic mass is 16.7. The fourth-order valence-corrected chi connectivity index (χ4v) is 1.83. The summed E-state index contributed by atoms with van der Waals surface area (Å²) in [5, 5.41) is 0. The molecule has 1 aliphatic rings. The molecule has 86 valence electrons. The van der Waals surface area contributed by atoms with Gasteiger partial charge in [-0.1, -0.05) is 0 Å². The molecule has 1 atom stereocenters. The zero-order chi connectivity index (χ0) is 11.9. The highest BCUT2D eigenvalue weighted by molar-refractivity contribution is 5.94. The van der Waals surface area contributed by atoms with Crippen LogP contribution in [0.2, 0.25) is 0 Å². The molecule has 1 amide bonds. The number of rotatable bonds is 1. The Labute approximate surface area is 93.6 Å². The largest absolute Gasteiger partial charge is 0.460 e. The van der Waals surface area contributed by atoms with Crippen LogP contribution in [0.4, 0.5) is 0 Å². The fourth-order valence-electron chi connectivity index (χ4n) is 1.83. The van der Waals surface area contributed by atoms with Crippen LogP contribution in [-0.2, 0) is 4.74 Å². The van der Waals surface area contributed by atoms with Crippen LogP contribution in [0.15, 0.2) is 12.3 Å². The van der Waals surface area contributed by atoms with E-state index in [9.17, 15) is 4.79 Å². The van der Waals surface area contributed by atoms with E-state index in [1.165, 1.54) is 6.20 Å². The smallest absolute Gasteiger partial charge is 0.271 e. The molecule has 0 radical (unpaired) electrons. The van der Waals surface area contributed by atoms with Gasteiger partial charge in [0.15, 0.2) is 11.4 Å².